The number of amides is 4. The highest BCUT2D eigenvalue weighted by molar-refractivity contribution is 7.91. The van der Waals surface area contributed by atoms with E-state index in [1.165, 1.54) is 24.1 Å². The van der Waals surface area contributed by atoms with Crippen LogP contribution >= 0.6 is 0 Å². The Morgan fingerprint density at radius 3 is 2.41 bits per heavy atom. The number of alkyl halides is 4. The molecule has 59 heavy (non-hydrogen) atoms. The number of sulfonamides is 1. The van der Waals surface area contributed by atoms with E-state index in [2.05, 4.69) is 20.6 Å². The number of hydrogen-bond donors (Lipinski definition) is 4. The topological polar surface area (TPSA) is 206 Å². The summed E-state index contributed by atoms with van der Waals surface area (Å²) in [5.74, 6) is -7.94. The Morgan fingerprint density at radius 2 is 1.80 bits per heavy atom. The summed E-state index contributed by atoms with van der Waals surface area (Å²) >= 11 is 0. The standard InChI is InChI=1S/C39H52F4N6O9S/c1-6-20-14-16-49(28(20)32(50)47-38(19-24(38)31(40)41)35(53)48-59(55,56)23-11-12-23)34(52)30(37(2,3)4)46-36(54)58-27-17-21(27)9-7-8-15-39(42,43)29-33(51)45-26-18-22(57-5)10-13-25(26)44-29/h10,13,18,20-21,23-24,27-28,30-31H,6-9,11-12,14-17,19H2,1-5H3,(H,45,51)(H,46,54)(H,47,50)(H,48,53)/t20-,21-,24+,27-,28+,30-,38?/m1/s1. The number of nitrogens with one attached hydrogen (secondary N) is 4. The SMILES string of the molecule is CC[C@@H]1CCN(C(=O)[C@@H](NC(=O)O[C@@H]2C[C@H]2CCCCC(F)(F)c2nc3ccc(OC)cc3[nH]c2=O)C(C)(C)C)[C@@H]1C(=O)NC1(C(=O)NS(=O)(=O)C2CC2)C[C@H]1C(F)F. The number of fused-ring (bicyclic) bond motifs is 1. The highest BCUT2D eigenvalue weighted by Gasteiger charge is 2.67. The van der Waals surface area contributed by atoms with Crippen molar-refractivity contribution in [3.05, 3.63) is 34.2 Å². The van der Waals surface area contributed by atoms with Gasteiger partial charge in [-0.15, -0.1) is 0 Å². The molecule has 4 amide bonds. The van der Waals surface area contributed by atoms with Crippen LogP contribution in [0, 0.1) is 23.2 Å². The molecule has 3 saturated carbocycles. The molecule has 1 aromatic heterocycles. The number of H-pyrrole nitrogens is 1. The number of rotatable bonds is 17. The van der Waals surface area contributed by atoms with Gasteiger partial charge in [0.1, 0.15) is 29.5 Å². The van der Waals surface area contributed by atoms with Crippen molar-refractivity contribution in [2.24, 2.45) is 23.2 Å². The Kier molecular flexibility index (Phi) is 12.3. The van der Waals surface area contributed by atoms with Gasteiger partial charge < -0.3 is 30.0 Å². The van der Waals surface area contributed by atoms with Crippen LogP contribution in [0.25, 0.3) is 11.0 Å². The molecule has 0 spiro atoms. The predicted octanol–water partition coefficient (Wildman–Crippen LogP) is 4.49. The Balaban J connectivity index is 1.03. The number of methoxy groups -OCH3 is 1. The molecule has 0 bridgehead atoms. The van der Waals surface area contributed by atoms with Gasteiger partial charge in [0.25, 0.3) is 17.4 Å². The molecule has 20 heteroatoms. The predicted molar refractivity (Wildman–Crippen MR) is 205 cm³/mol. The van der Waals surface area contributed by atoms with Crippen LogP contribution in [0.2, 0.25) is 0 Å². The van der Waals surface area contributed by atoms with Gasteiger partial charge in [0.2, 0.25) is 28.3 Å². The van der Waals surface area contributed by atoms with Crippen molar-refractivity contribution < 1.29 is 54.6 Å². The fourth-order valence-electron chi connectivity index (χ4n) is 8.00. The minimum absolute atomic E-state index is 0.0717. The molecule has 1 aromatic carbocycles. The van der Waals surface area contributed by atoms with E-state index >= 15 is 8.78 Å². The summed E-state index contributed by atoms with van der Waals surface area (Å²) < 4.78 is 95.7. The van der Waals surface area contributed by atoms with Crippen molar-refractivity contribution in [2.75, 3.05) is 13.7 Å². The first kappa shape index (κ1) is 44.1. The lowest BCUT2D eigenvalue weighted by atomic mass is 9.85. The zero-order valence-corrected chi connectivity index (χ0v) is 34.4. The number of hydrogen-bond acceptors (Lipinski definition) is 10. The first-order valence-corrected chi connectivity index (χ1v) is 21.6. The van der Waals surface area contributed by atoms with Crippen LogP contribution in [0.15, 0.2) is 23.0 Å². The summed E-state index contributed by atoms with van der Waals surface area (Å²) in [5, 5.41) is 4.24. The summed E-state index contributed by atoms with van der Waals surface area (Å²) in [7, 11) is -2.67. The largest absolute Gasteiger partial charge is 0.497 e. The normalized spacial score (nSPS) is 26.0. The third-order valence-corrected chi connectivity index (χ3v) is 13.7. The number of alkyl carbamates (subject to hydrolysis) is 1. The molecule has 1 unspecified atom stereocenters. The molecule has 4 N–H and O–H groups in total. The number of aromatic amines is 1. The first-order chi connectivity index (χ1) is 27.6. The van der Waals surface area contributed by atoms with Gasteiger partial charge in [-0.25, -0.2) is 27.0 Å². The average molecular weight is 857 g/mol. The van der Waals surface area contributed by atoms with E-state index in [9.17, 15) is 41.2 Å². The van der Waals surface area contributed by atoms with Crippen molar-refractivity contribution >= 4 is 44.9 Å². The van der Waals surface area contributed by atoms with Crippen LogP contribution in [0.3, 0.4) is 0 Å². The zero-order chi connectivity index (χ0) is 43.2. The minimum Gasteiger partial charge on any atom is -0.497 e. The molecule has 7 atom stereocenters. The van der Waals surface area contributed by atoms with Crippen molar-refractivity contribution in [2.45, 2.75) is 133 Å². The van der Waals surface area contributed by atoms with Crippen molar-refractivity contribution in [1.82, 2.24) is 30.2 Å². The Hall–Kier alpha value is -4.49. The van der Waals surface area contributed by atoms with Crippen molar-refractivity contribution in [1.29, 1.82) is 0 Å². The molecular weight excluding hydrogens is 805 g/mol. The van der Waals surface area contributed by atoms with Gasteiger partial charge in [-0.05, 0) is 74.3 Å². The average Bonchev–Trinajstić information content (AvgIpc) is 4.09. The van der Waals surface area contributed by atoms with Gasteiger partial charge in [-0.3, -0.25) is 23.9 Å². The van der Waals surface area contributed by atoms with Crippen LogP contribution in [0.1, 0.15) is 97.6 Å². The monoisotopic (exact) mass is 856 g/mol. The molecule has 0 radical (unpaired) electrons. The maximum Gasteiger partial charge on any atom is 0.408 e. The van der Waals surface area contributed by atoms with Crippen molar-refractivity contribution in [3.8, 4) is 5.75 Å². The molecule has 3 aliphatic carbocycles. The summed E-state index contributed by atoms with van der Waals surface area (Å²) in [5.41, 5.74) is -4.47. The van der Waals surface area contributed by atoms with E-state index in [4.69, 9.17) is 9.47 Å². The highest BCUT2D eigenvalue weighted by atomic mass is 32.2. The van der Waals surface area contributed by atoms with Gasteiger partial charge in [0.05, 0.1) is 29.3 Å². The molecule has 4 fully saturated rings. The number of carbonyl (C=O) groups is 4. The second kappa shape index (κ2) is 16.5. The molecule has 15 nitrogen and oxygen atoms in total. The third kappa shape index (κ3) is 9.62. The molecule has 1 saturated heterocycles. The fraction of sp³-hybridized carbons (Fsp3) is 0.692. The lowest BCUT2D eigenvalue weighted by molar-refractivity contribution is -0.144. The Bertz CT molecular complexity index is 2130. The first-order valence-electron chi connectivity index (χ1n) is 20.0. The number of likely N-dealkylation sites (tertiary alicyclic amines) is 1. The lowest BCUT2D eigenvalue weighted by Crippen LogP contribution is -2.61. The summed E-state index contributed by atoms with van der Waals surface area (Å²) in [4.78, 5) is 74.6. The van der Waals surface area contributed by atoms with Crippen LogP contribution in [0.5, 0.6) is 5.75 Å². The van der Waals surface area contributed by atoms with Gasteiger partial charge in [0.15, 0.2) is 5.69 Å². The lowest BCUT2D eigenvalue weighted by Gasteiger charge is -2.36. The van der Waals surface area contributed by atoms with E-state index in [0.717, 1.165) is 0 Å². The van der Waals surface area contributed by atoms with Gasteiger partial charge in [-0.1, -0.05) is 40.5 Å². The van der Waals surface area contributed by atoms with Gasteiger partial charge in [-0.2, -0.15) is 8.78 Å². The molecule has 6 rings (SSSR count). The second-order valence-corrected chi connectivity index (χ2v) is 19.3. The smallest absolute Gasteiger partial charge is 0.408 e. The molecular formula is C39H52F4N6O9S. The molecule has 1 aliphatic heterocycles. The summed E-state index contributed by atoms with van der Waals surface area (Å²) in [6, 6.07) is 2.13. The number of ether oxygens (including phenoxy) is 2. The Morgan fingerprint density at radius 1 is 1.08 bits per heavy atom. The van der Waals surface area contributed by atoms with E-state index < -0.39 is 117 Å². The van der Waals surface area contributed by atoms with E-state index in [1.54, 1.807) is 33.8 Å². The highest BCUT2D eigenvalue weighted by Crippen LogP contribution is 2.49. The third-order valence-electron chi connectivity index (χ3n) is 11.9. The van der Waals surface area contributed by atoms with Gasteiger partial charge in [0, 0.05) is 19.0 Å². The van der Waals surface area contributed by atoms with E-state index in [-0.39, 0.29) is 29.9 Å². The van der Waals surface area contributed by atoms with Crippen molar-refractivity contribution in [3.63, 3.8) is 0 Å². The molecule has 2 aromatic rings. The quantitative estimate of drug-likeness (QED) is 0.130. The number of benzene rings is 1. The number of carbonyl (C=O) groups excluding carboxylic acids is 4. The van der Waals surface area contributed by atoms with Crippen LogP contribution < -0.4 is 25.7 Å². The van der Waals surface area contributed by atoms with Gasteiger partial charge >= 0.3 is 6.09 Å². The molecule has 2 heterocycles. The fourth-order valence-corrected chi connectivity index (χ4v) is 9.36. The second-order valence-electron chi connectivity index (χ2n) is 17.3. The Labute approximate surface area is 339 Å². The molecule has 326 valence electrons. The van der Waals surface area contributed by atoms with Crippen LogP contribution in [-0.4, -0.2) is 96.2 Å². The number of unbranched alkanes of at least 4 members (excludes halogenated alkanes) is 1. The van der Waals surface area contributed by atoms with E-state index in [1.807, 2.05) is 4.72 Å². The summed E-state index contributed by atoms with van der Waals surface area (Å²) in [6.07, 6.45) is -2.70. The van der Waals surface area contributed by atoms with Crippen LogP contribution in [0.4, 0.5) is 22.4 Å². The number of nitrogens with zero attached hydrogens (tertiary/aromatic N) is 2. The minimum atomic E-state index is -4.10. The molecule has 4 aliphatic rings. The van der Waals surface area contributed by atoms with Crippen LogP contribution in [-0.2, 0) is 35.1 Å². The maximum absolute atomic E-state index is 15.1. The van der Waals surface area contributed by atoms with E-state index in [0.29, 0.717) is 50.7 Å². The summed E-state index contributed by atoms with van der Waals surface area (Å²) in [6.45, 7) is 6.98. The number of halogens is 4. The maximum atomic E-state index is 15.1. The zero-order valence-electron chi connectivity index (χ0n) is 33.6. The number of aromatic nitrogens is 2.